The molecular weight excluding hydrogens is 240 g/mol. The zero-order valence-electron chi connectivity index (χ0n) is 10.5. The maximum Gasteiger partial charge on any atom is 0.133 e. The molecule has 0 radical (unpaired) electrons. The van der Waals surface area contributed by atoms with Crippen LogP contribution < -0.4 is 14.2 Å². The lowest BCUT2D eigenvalue weighted by Gasteiger charge is -2.13. The number of methoxy groups -OCH3 is 3. The molecule has 0 aromatic heterocycles. The topological polar surface area (TPSA) is 27.7 Å². The number of halogens is 1. The van der Waals surface area contributed by atoms with Crippen LogP contribution in [-0.2, 0) is 0 Å². The van der Waals surface area contributed by atoms with Gasteiger partial charge >= 0.3 is 0 Å². The Kier molecular flexibility index (Phi) is 5.16. The molecule has 0 bridgehead atoms. The minimum atomic E-state index is 0.471. The van der Waals surface area contributed by atoms with E-state index < -0.39 is 0 Å². The van der Waals surface area contributed by atoms with Crippen LogP contribution in [0.3, 0.4) is 0 Å². The van der Waals surface area contributed by atoms with E-state index in [1.54, 1.807) is 21.3 Å². The first kappa shape index (κ1) is 13.7. The smallest absolute Gasteiger partial charge is 0.133 e. The summed E-state index contributed by atoms with van der Waals surface area (Å²) in [7, 11) is 4.83. The number of hydrogen-bond acceptors (Lipinski definition) is 3. The Labute approximate surface area is 107 Å². The summed E-state index contributed by atoms with van der Waals surface area (Å²) in [6, 6.07) is 3.63. The van der Waals surface area contributed by atoms with E-state index in [1.807, 2.05) is 25.1 Å². The molecule has 0 saturated heterocycles. The van der Waals surface area contributed by atoms with Gasteiger partial charge < -0.3 is 14.2 Å². The quantitative estimate of drug-likeness (QED) is 0.756. The van der Waals surface area contributed by atoms with Crippen LogP contribution in [0.2, 0.25) is 0 Å². The van der Waals surface area contributed by atoms with E-state index >= 15 is 0 Å². The minimum Gasteiger partial charge on any atom is -0.496 e. The van der Waals surface area contributed by atoms with Crippen LogP contribution in [0, 0.1) is 0 Å². The number of benzene rings is 1. The first-order chi connectivity index (χ1) is 8.15. The van der Waals surface area contributed by atoms with Gasteiger partial charge in [-0.05, 0) is 13.0 Å². The summed E-state index contributed by atoms with van der Waals surface area (Å²) < 4.78 is 15.8. The van der Waals surface area contributed by atoms with E-state index in [2.05, 4.69) is 0 Å². The standard InChI is InChI=1S/C13H17ClO3/c1-9(8-14)5-11-12(16-3)6-10(15-2)7-13(11)17-4/h5-7H,8H2,1-4H3. The van der Waals surface area contributed by atoms with Gasteiger partial charge in [-0.1, -0.05) is 5.57 Å². The van der Waals surface area contributed by atoms with Crippen LogP contribution in [0.15, 0.2) is 17.7 Å². The molecule has 1 rings (SSSR count). The van der Waals surface area contributed by atoms with Crippen molar-refractivity contribution in [1.29, 1.82) is 0 Å². The fourth-order valence-electron chi connectivity index (χ4n) is 1.46. The van der Waals surface area contributed by atoms with E-state index in [4.69, 9.17) is 25.8 Å². The zero-order chi connectivity index (χ0) is 12.8. The molecule has 0 saturated carbocycles. The zero-order valence-corrected chi connectivity index (χ0v) is 11.3. The van der Waals surface area contributed by atoms with Gasteiger partial charge in [0, 0.05) is 18.0 Å². The molecular formula is C13H17ClO3. The number of ether oxygens (including phenoxy) is 3. The van der Waals surface area contributed by atoms with Crippen LogP contribution in [0.25, 0.3) is 6.08 Å². The van der Waals surface area contributed by atoms with E-state index in [9.17, 15) is 0 Å². The summed E-state index contributed by atoms with van der Waals surface area (Å²) in [5, 5.41) is 0. The Bertz CT molecular complexity index is 388. The maximum absolute atomic E-state index is 5.78. The van der Waals surface area contributed by atoms with E-state index in [0.29, 0.717) is 23.1 Å². The Morgan fingerprint density at radius 1 is 1.12 bits per heavy atom. The molecule has 94 valence electrons. The number of hydrogen-bond donors (Lipinski definition) is 0. The molecule has 3 nitrogen and oxygen atoms in total. The van der Waals surface area contributed by atoms with Crippen molar-refractivity contribution < 1.29 is 14.2 Å². The molecule has 0 aliphatic carbocycles. The monoisotopic (exact) mass is 256 g/mol. The van der Waals surface area contributed by atoms with Gasteiger partial charge in [0.15, 0.2) is 0 Å². The summed E-state index contributed by atoms with van der Waals surface area (Å²) >= 11 is 5.78. The van der Waals surface area contributed by atoms with Gasteiger partial charge in [-0.3, -0.25) is 0 Å². The van der Waals surface area contributed by atoms with Gasteiger partial charge in [0.1, 0.15) is 17.2 Å². The van der Waals surface area contributed by atoms with E-state index in [0.717, 1.165) is 11.1 Å². The predicted molar refractivity (Wildman–Crippen MR) is 70.5 cm³/mol. The lowest BCUT2D eigenvalue weighted by molar-refractivity contribution is 0.374. The fourth-order valence-corrected chi connectivity index (χ4v) is 1.54. The van der Waals surface area contributed by atoms with Crippen molar-refractivity contribution in [2.45, 2.75) is 6.92 Å². The van der Waals surface area contributed by atoms with Crippen LogP contribution in [0.1, 0.15) is 12.5 Å². The molecule has 0 atom stereocenters. The van der Waals surface area contributed by atoms with Gasteiger partial charge in [0.2, 0.25) is 0 Å². The second kappa shape index (κ2) is 6.40. The number of rotatable bonds is 5. The Morgan fingerprint density at radius 3 is 2.00 bits per heavy atom. The number of alkyl halides is 1. The van der Waals surface area contributed by atoms with Crippen LogP contribution in [0.4, 0.5) is 0 Å². The van der Waals surface area contributed by atoms with Gasteiger partial charge in [0.05, 0.1) is 26.9 Å². The molecule has 0 fully saturated rings. The molecule has 0 heterocycles. The average Bonchev–Trinajstić information content (AvgIpc) is 2.38. The van der Waals surface area contributed by atoms with Crippen LogP contribution in [-0.4, -0.2) is 27.2 Å². The second-order valence-corrected chi connectivity index (χ2v) is 3.84. The second-order valence-electron chi connectivity index (χ2n) is 3.57. The third-order valence-corrected chi connectivity index (χ3v) is 2.78. The normalized spacial score (nSPS) is 11.2. The van der Waals surface area contributed by atoms with Crippen molar-refractivity contribution >= 4 is 17.7 Å². The lowest BCUT2D eigenvalue weighted by atomic mass is 10.1. The molecule has 0 amide bonds. The molecule has 0 N–H and O–H groups in total. The maximum atomic E-state index is 5.78. The molecule has 0 aliphatic rings. The first-order valence-corrected chi connectivity index (χ1v) is 5.72. The van der Waals surface area contributed by atoms with Crippen molar-refractivity contribution in [1.82, 2.24) is 0 Å². The molecule has 0 unspecified atom stereocenters. The summed E-state index contributed by atoms with van der Waals surface area (Å²) in [5.74, 6) is 2.56. The average molecular weight is 257 g/mol. The Balaban J connectivity index is 3.34. The van der Waals surface area contributed by atoms with Crippen LogP contribution in [0.5, 0.6) is 17.2 Å². The summed E-state index contributed by atoms with van der Waals surface area (Å²) in [6.07, 6.45) is 1.95. The van der Waals surface area contributed by atoms with Crippen molar-refractivity contribution in [2.24, 2.45) is 0 Å². The van der Waals surface area contributed by atoms with E-state index in [-0.39, 0.29) is 0 Å². The van der Waals surface area contributed by atoms with Crippen molar-refractivity contribution in [3.8, 4) is 17.2 Å². The highest BCUT2D eigenvalue weighted by Crippen LogP contribution is 2.35. The van der Waals surface area contributed by atoms with Gasteiger partial charge in [-0.15, -0.1) is 11.6 Å². The third-order valence-electron chi connectivity index (χ3n) is 2.35. The summed E-state index contributed by atoms with van der Waals surface area (Å²) in [5.41, 5.74) is 1.90. The highest BCUT2D eigenvalue weighted by atomic mass is 35.5. The Morgan fingerprint density at radius 2 is 1.65 bits per heavy atom. The lowest BCUT2D eigenvalue weighted by Crippen LogP contribution is -1.95. The minimum absolute atomic E-state index is 0.471. The summed E-state index contributed by atoms with van der Waals surface area (Å²) in [4.78, 5) is 0. The van der Waals surface area contributed by atoms with Gasteiger partial charge in [-0.2, -0.15) is 0 Å². The van der Waals surface area contributed by atoms with Crippen LogP contribution >= 0.6 is 11.6 Å². The highest BCUT2D eigenvalue weighted by Gasteiger charge is 2.11. The summed E-state index contributed by atoms with van der Waals surface area (Å²) in [6.45, 7) is 1.95. The van der Waals surface area contributed by atoms with Gasteiger partial charge in [0.25, 0.3) is 0 Å². The van der Waals surface area contributed by atoms with Crippen molar-refractivity contribution in [3.63, 3.8) is 0 Å². The predicted octanol–water partition coefficient (Wildman–Crippen LogP) is 3.35. The molecule has 17 heavy (non-hydrogen) atoms. The van der Waals surface area contributed by atoms with Crippen molar-refractivity contribution in [3.05, 3.63) is 23.3 Å². The van der Waals surface area contributed by atoms with Crippen molar-refractivity contribution in [2.75, 3.05) is 27.2 Å². The molecule has 1 aromatic carbocycles. The van der Waals surface area contributed by atoms with Gasteiger partial charge in [-0.25, -0.2) is 0 Å². The molecule has 0 spiro atoms. The van der Waals surface area contributed by atoms with E-state index in [1.165, 1.54) is 0 Å². The third kappa shape index (κ3) is 3.30. The molecule has 1 aromatic rings. The SMILES string of the molecule is COc1cc(OC)c(C=C(C)CCl)c(OC)c1. The highest BCUT2D eigenvalue weighted by molar-refractivity contribution is 6.19. The first-order valence-electron chi connectivity index (χ1n) is 5.19. The number of allylic oxidation sites excluding steroid dienone is 1. The fraction of sp³-hybridized carbons (Fsp3) is 0.385. The Hall–Kier alpha value is -1.35. The molecule has 4 heteroatoms. The largest absolute Gasteiger partial charge is 0.496 e. The molecule has 0 aliphatic heterocycles.